The molecule has 0 bridgehead atoms. The van der Waals surface area contributed by atoms with Gasteiger partial charge in [-0.1, -0.05) is 24.3 Å². The van der Waals surface area contributed by atoms with Gasteiger partial charge >= 0.3 is 0 Å². The molecule has 0 atom stereocenters. The molecule has 1 heterocycles. The van der Waals surface area contributed by atoms with Gasteiger partial charge in [0.25, 0.3) is 0 Å². The van der Waals surface area contributed by atoms with E-state index in [1.165, 1.54) is 4.31 Å². The topological polar surface area (TPSA) is 58.6 Å². The molecule has 0 aromatic heterocycles. The number of methoxy groups -OCH3 is 1. The largest absolute Gasteiger partial charge is 0.496 e. The van der Waals surface area contributed by atoms with E-state index in [0.29, 0.717) is 42.2 Å². The van der Waals surface area contributed by atoms with Crippen LogP contribution in [0, 0.1) is 0 Å². The van der Waals surface area contributed by atoms with E-state index >= 15 is 0 Å². The van der Waals surface area contributed by atoms with E-state index in [2.05, 4.69) is 5.32 Å². The molecule has 0 amide bonds. The van der Waals surface area contributed by atoms with Gasteiger partial charge in [-0.25, -0.2) is 8.42 Å². The van der Waals surface area contributed by atoms with Gasteiger partial charge in [0, 0.05) is 37.0 Å². The van der Waals surface area contributed by atoms with Gasteiger partial charge in [0.15, 0.2) is 0 Å². The molecule has 0 unspecified atom stereocenters. The summed E-state index contributed by atoms with van der Waals surface area (Å²) in [6, 6.07) is 10.8. The van der Waals surface area contributed by atoms with E-state index in [0.717, 1.165) is 5.39 Å². The van der Waals surface area contributed by atoms with E-state index in [1.807, 2.05) is 24.3 Å². The lowest BCUT2D eigenvalue weighted by Crippen LogP contribution is -2.46. The maximum atomic E-state index is 12.9. The third-order valence-electron chi connectivity index (χ3n) is 3.76. The zero-order valence-corrected chi connectivity index (χ0v) is 12.7. The van der Waals surface area contributed by atoms with Crippen molar-refractivity contribution < 1.29 is 13.2 Å². The molecule has 1 fully saturated rings. The quantitative estimate of drug-likeness (QED) is 0.932. The van der Waals surface area contributed by atoms with Crippen molar-refractivity contribution in [2.45, 2.75) is 4.90 Å². The summed E-state index contributed by atoms with van der Waals surface area (Å²) in [5, 5.41) is 4.69. The SMILES string of the molecule is COc1ccc(S(=O)(=O)N2CCNCC2)c2ccccc12. The van der Waals surface area contributed by atoms with Crippen LogP contribution in [0.3, 0.4) is 0 Å². The predicted octanol–water partition coefficient (Wildman–Crippen LogP) is 1.44. The Labute approximate surface area is 124 Å². The van der Waals surface area contributed by atoms with Crippen molar-refractivity contribution in [2.24, 2.45) is 0 Å². The van der Waals surface area contributed by atoms with Crippen molar-refractivity contribution in [3.8, 4) is 5.75 Å². The molecular formula is C15H18N2O3S. The van der Waals surface area contributed by atoms with Crippen LogP contribution in [0.25, 0.3) is 10.8 Å². The molecule has 1 aliphatic rings. The molecule has 0 saturated carbocycles. The van der Waals surface area contributed by atoms with Crippen LogP contribution in [0.5, 0.6) is 5.75 Å². The summed E-state index contributed by atoms with van der Waals surface area (Å²) in [5.74, 6) is 0.685. The molecule has 2 aromatic carbocycles. The van der Waals surface area contributed by atoms with Crippen LogP contribution in [-0.4, -0.2) is 46.0 Å². The normalized spacial score (nSPS) is 17.0. The van der Waals surface area contributed by atoms with Crippen molar-refractivity contribution in [1.82, 2.24) is 9.62 Å². The van der Waals surface area contributed by atoms with Crippen molar-refractivity contribution >= 4 is 20.8 Å². The molecule has 1 saturated heterocycles. The molecule has 6 heteroatoms. The Morgan fingerprint density at radius 1 is 1.05 bits per heavy atom. The Morgan fingerprint density at radius 3 is 2.38 bits per heavy atom. The van der Waals surface area contributed by atoms with E-state index in [-0.39, 0.29) is 0 Å². The minimum atomic E-state index is -3.48. The van der Waals surface area contributed by atoms with Gasteiger partial charge in [0.05, 0.1) is 12.0 Å². The van der Waals surface area contributed by atoms with Crippen LogP contribution < -0.4 is 10.1 Å². The second-order valence-corrected chi connectivity index (χ2v) is 6.87. The third kappa shape index (κ3) is 2.50. The highest BCUT2D eigenvalue weighted by atomic mass is 32.2. The molecule has 112 valence electrons. The fraction of sp³-hybridized carbons (Fsp3) is 0.333. The Morgan fingerprint density at radius 2 is 1.71 bits per heavy atom. The summed E-state index contributed by atoms with van der Waals surface area (Å²) < 4.78 is 32.6. The van der Waals surface area contributed by atoms with Gasteiger partial charge in [-0.3, -0.25) is 0 Å². The summed E-state index contributed by atoms with van der Waals surface area (Å²) in [4.78, 5) is 0.348. The fourth-order valence-electron chi connectivity index (χ4n) is 2.67. The maximum Gasteiger partial charge on any atom is 0.243 e. The Balaban J connectivity index is 2.16. The lowest BCUT2D eigenvalue weighted by atomic mass is 10.1. The van der Waals surface area contributed by atoms with E-state index in [9.17, 15) is 8.42 Å². The maximum absolute atomic E-state index is 12.9. The lowest BCUT2D eigenvalue weighted by molar-refractivity contribution is 0.360. The molecule has 21 heavy (non-hydrogen) atoms. The first-order valence-corrected chi connectivity index (χ1v) is 8.35. The van der Waals surface area contributed by atoms with Crippen LogP contribution in [0.1, 0.15) is 0 Å². The van der Waals surface area contributed by atoms with Gasteiger partial charge in [-0.2, -0.15) is 4.31 Å². The highest BCUT2D eigenvalue weighted by molar-refractivity contribution is 7.89. The number of nitrogens with one attached hydrogen (secondary N) is 1. The highest BCUT2D eigenvalue weighted by Gasteiger charge is 2.27. The first-order chi connectivity index (χ1) is 10.1. The average Bonchev–Trinajstić information content (AvgIpc) is 2.54. The first kappa shape index (κ1) is 14.3. The van der Waals surface area contributed by atoms with Crippen LogP contribution in [0.4, 0.5) is 0 Å². The van der Waals surface area contributed by atoms with Crippen LogP contribution in [0.2, 0.25) is 0 Å². The summed E-state index contributed by atoms with van der Waals surface area (Å²) in [6.45, 7) is 2.38. The standard InChI is InChI=1S/C15H18N2O3S/c1-20-14-6-7-15(13-5-3-2-4-12(13)14)21(18,19)17-10-8-16-9-11-17/h2-7,16H,8-11H2,1H3. The minimum Gasteiger partial charge on any atom is -0.496 e. The summed E-state index contributed by atoms with van der Waals surface area (Å²) in [7, 11) is -1.89. The Kier molecular flexibility index (Phi) is 3.84. The summed E-state index contributed by atoms with van der Waals surface area (Å²) >= 11 is 0. The molecular weight excluding hydrogens is 288 g/mol. The molecule has 1 N–H and O–H groups in total. The van der Waals surface area contributed by atoms with Crippen molar-refractivity contribution in [3.05, 3.63) is 36.4 Å². The first-order valence-electron chi connectivity index (χ1n) is 6.91. The molecule has 5 nitrogen and oxygen atoms in total. The fourth-order valence-corrected chi connectivity index (χ4v) is 4.31. The number of sulfonamides is 1. The number of rotatable bonds is 3. The van der Waals surface area contributed by atoms with Crippen molar-refractivity contribution in [2.75, 3.05) is 33.3 Å². The number of ether oxygens (including phenoxy) is 1. The second kappa shape index (κ2) is 5.63. The number of hydrogen-bond donors (Lipinski definition) is 1. The smallest absolute Gasteiger partial charge is 0.243 e. The number of piperazine rings is 1. The Bertz CT molecular complexity index is 753. The number of hydrogen-bond acceptors (Lipinski definition) is 4. The minimum absolute atomic E-state index is 0.348. The lowest BCUT2D eigenvalue weighted by Gasteiger charge is -2.27. The van der Waals surface area contributed by atoms with Crippen LogP contribution in [0.15, 0.2) is 41.3 Å². The zero-order chi connectivity index (χ0) is 14.9. The molecule has 1 aliphatic heterocycles. The molecule has 0 radical (unpaired) electrons. The third-order valence-corrected chi connectivity index (χ3v) is 5.71. The molecule has 0 aliphatic carbocycles. The van der Waals surface area contributed by atoms with Gasteiger partial charge in [-0.05, 0) is 12.1 Å². The average molecular weight is 306 g/mol. The van der Waals surface area contributed by atoms with E-state index < -0.39 is 10.0 Å². The number of fused-ring (bicyclic) bond motifs is 1. The second-order valence-electron chi connectivity index (χ2n) is 4.97. The van der Waals surface area contributed by atoms with Gasteiger partial charge in [0.2, 0.25) is 10.0 Å². The zero-order valence-electron chi connectivity index (χ0n) is 11.9. The van der Waals surface area contributed by atoms with Crippen LogP contribution in [-0.2, 0) is 10.0 Å². The number of nitrogens with zero attached hydrogens (tertiary/aromatic N) is 1. The van der Waals surface area contributed by atoms with Crippen molar-refractivity contribution in [3.63, 3.8) is 0 Å². The molecule has 0 spiro atoms. The van der Waals surface area contributed by atoms with E-state index in [1.54, 1.807) is 19.2 Å². The van der Waals surface area contributed by atoms with Crippen LogP contribution >= 0.6 is 0 Å². The highest BCUT2D eigenvalue weighted by Crippen LogP contribution is 2.32. The molecule has 3 rings (SSSR count). The van der Waals surface area contributed by atoms with Crippen molar-refractivity contribution in [1.29, 1.82) is 0 Å². The summed E-state index contributed by atoms with van der Waals surface area (Å²) in [5.41, 5.74) is 0. The summed E-state index contributed by atoms with van der Waals surface area (Å²) in [6.07, 6.45) is 0. The van der Waals surface area contributed by atoms with Gasteiger partial charge in [-0.15, -0.1) is 0 Å². The molecule has 2 aromatic rings. The monoisotopic (exact) mass is 306 g/mol. The van der Waals surface area contributed by atoms with Gasteiger partial charge in [0.1, 0.15) is 5.75 Å². The van der Waals surface area contributed by atoms with Gasteiger partial charge < -0.3 is 10.1 Å². The Hall–Kier alpha value is -1.63. The predicted molar refractivity (Wildman–Crippen MR) is 82.1 cm³/mol. The number of benzene rings is 2. The van der Waals surface area contributed by atoms with E-state index in [4.69, 9.17) is 4.74 Å².